The van der Waals surface area contributed by atoms with Gasteiger partial charge in [0.05, 0.1) is 5.69 Å². The maximum atomic E-state index is 11.9. The Morgan fingerprint density at radius 2 is 2.16 bits per heavy atom. The lowest BCUT2D eigenvalue weighted by Gasteiger charge is -2.05. The molecule has 2 aromatic heterocycles. The van der Waals surface area contributed by atoms with Crippen molar-refractivity contribution in [2.75, 3.05) is 0 Å². The Labute approximate surface area is 109 Å². The topological polar surface area (TPSA) is 87.5 Å². The van der Waals surface area contributed by atoms with E-state index in [4.69, 9.17) is 5.21 Å². The molecule has 0 aromatic carbocycles. The Balaban J connectivity index is 2.03. The van der Waals surface area contributed by atoms with E-state index in [1.807, 2.05) is 6.07 Å². The normalized spacial score (nSPS) is 11.1. The fraction of sp³-hybridized carbons (Fsp3) is 0.0769. The summed E-state index contributed by atoms with van der Waals surface area (Å²) in [5, 5.41) is 14.6. The number of aromatic nitrogens is 2. The van der Waals surface area contributed by atoms with Gasteiger partial charge in [-0.1, -0.05) is 17.3 Å². The van der Waals surface area contributed by atoms with Crippen molar-refractivity contribution in [2.24, 2.45) is 5.16 Å². The van der Waals surface area contributed by atoms with Crippen LogP contribution in [0.1, 0.15) is 11.3 Å². The van der Waals surface area contributed by atoms with Crippen LogP contribution in [0.4, 0.5) is 0 Å². The van der Waals surface area contributed by atoms with E-state index in [0.717, 1.165) is 5.56 Å². The van der Waals surface area contributed by atoms with Crippen LogP contribution in [0.5, 0.6) is 0 Å². The Morgan fingerprint density at radius 3 is 2.79 bits per heavy atom. The minimum absolute atomic E-state index is 0.121. The molecule has 0 aliphatic heterocycles. The summed E-state index contributed by atoms with van der Waals surface area (Å²) in [6.07, 6.45) is 4.82. The molecule has 2 heterocycles. The molecule has 6 nitrogen and oxygen atoms in total. The predicted octanol–water partition coefficient (Wildman–Crippen LogP) is 0.971. The van der Waals surface area contributed by atoms with Gasteiger partial charge >= 0.3 is 0 Å². The monoisotopic (exact) mass is 256 g/mol. The van der Waals surface area contributed by atoms with Crippen LogP contribution in [0.15, 0.2) is 54.1 Å². The smallest absolute Gasteiger partial charge is 0.275 e. The number of hydrogen-bond donors (Lipinski definition) is 2. The molecule has 0 radical (unpaired) electrons. The van der Waals surface area contributed by atoms with Crippen LogP contribution >= 0.6 is 0 Å². The van der Waals surface area contributed by atoms with E-state index < -0.39 is 5.91 Å². The van der Waals surface area contributed by atoms with Gasteiger partial charge in [0.2, 0.25) is 0 Å². The molecule has 1 amide bonds. The average molecular weight is 256 g/mol. The van der Waals surface area contributed by atoms with E-state index in [1.165, 1.54) is 6.20 Å². The number of carbonyl (C=O) groups excluding carboxylic acids is 1. The molecule has 96 valence electrons. The Morgan fingerprint density at radius 1 is 1.26 bits per heavy atom. The average Bonchev–Trinajstić information content (AvgIpc) is 2.48. The SMILES string of the molecule is O=C(NCc1cccnc1)/C(=N\O)c1ccccn1. The summed E-state index contributed by atoms with van der Waals surface area (Å²) in [7, 11) is 0. The van der Waals surface area contributed by atoms with Crippen molar-refractivity contribution in [3.63, 3.8) is 0 Å². The first-order valence-electron chi connectivity index (χ1n) is 5.62. The second-order valence-electron chi connectivity index (χ2n) is 3.71. The highest BCUT2D eigenvalue weighted by molar-refractivity contribution is 6.44. The summed E-state index contributed by atoms with van der Waals surface area (Å²) in [5.74, 6) is -0.495. The summed E-state index contributed by atoms with van der Waals surface area (Å²) in [6, 6.07) is 8.64. The molecule has 2 rings (SSSR count). The largest absolute Gasteiger partial charge is 0.410 e. The summed E-state index contributed by atoms with van der Waals surface area (Å²) >= 11 is 0. The first-order chi connectivity index (χ1) is 9.31. The molecule has 0 bridgehead atoms. The molecule has 0 aliphatic carbocycles. The van der Waals surface area contributed by atoms with Gasteiger partial charge in [-0.2, -0.15) is 0 Å². The zero-order valence-electron chi connectivity index (χ0n) is 10.0. The lowest BCUT2D eigenvalue weighted by molar-refractivity contribution is -0.115. The van der Waals surface area contributed by atoms with E-state index in [1.54, 1.807) is 36.7 Å². The van der Waals surface area contributed by atoms with Crippen LogP contribution in [-0.2, 0) is 11.3 Å². The molecule has 0 atom stereocenters. The Kier molecular flexibility index (Phi) is 4.17. The number of pyridine rings is 2. The fourth-order valence-corrected chi connectivity index (χ4v) is 1.48. The van der Waals surface area contributed by atoms with Crippen molar-refractivity contribution in [3.05, 3.63) is 60.2 Å². The third-order valence-electron chi connectivity index (χ3n) is 2.40. The van der Waals surface area contributed by atoms with Crippen LogP contribution in [0.25, 0.3) is 0 Å². The van der Waals surface area contributed by atoms with Gasteiger partial charge < -0.3 is 10.5 Å². The van der Waals surface area contributed by atoms with E-state index >= 15 is 0 Å². The molecule has 0 fully saturated rings. The molecule has 2 N–H and O–H groups in total. The van der Waals surface area contributed by atoms with E-state index in [-0.39, 0.29) is 5.71 Å². The van der Waals surface area contributed by atoms with Crippen molar-refractivity contribution in [1.29, 1.82) is 0 Å². The first-order valence-corrected chi connectivity index (χ1v) is 5.62. The first kappa shape index (κ1) is 12.7. The summed E-state index contributed by atoms with van der Waals surface area (Å²) in [4.78, 5) is 19.8. The highest BCUT2D eigenvalue weighted by Gasteiger charge is 2.15. The van der Waals surface area contributed by atoms with E-state index in [9.17, 15) is 4.79 Å². The highest BCUT2D eigenvalue weighted by Crippen LogP contribution is 1.99. The summed E-state index contributed by atoms with van der Waals surface area (Å²) < 4.78 is 0. The third kappa shape index (κ3) is 3.35. The van der Waals surface area contributed by atoms with Crippen LogP contribution in [0.3, 0.4) is 0 Å². The summed E-state index contributed by atoms with van der Waals surface area (Å²) in [5.41, 5.74) is 1.05. The Hall–Kier alpha value is -2.76. The number of hydrogen-bond acceptors (Lipinski definition) is 5. The second-order valence-corrected chi connectivity index (χ2v) is 3.71. The second kappa shape index (κ2) is 6.25. The zero-order valence-corrected chi connectivity index (χ0v) is 10.0. The highest BCUT2D eigenvalue weighted by atomic mass is 16.4. The molecule has 0 saturated carbocycles. The number of oxime groups is 1. The van der Waals surface area contributed by atoms with Gasteiger partial charge in [0, 0.05) is 25.1 Å². The van der Waals surface area contributed by atoms with Crippen LogP contribution in [-0.4, -0.2) is 26.8 Å². The van der Waals surface area contributed by atoms with Gasteiger partial charge in [0.1, 0.15) is 0 Å². The van der Waals surface area contributed by atoms with Crippen LogP contribution < -0.4 is 5.32 Å². The van der Waals surface area contributed by atoms with Gasteiger partial charge in [-0.05, 0) is 23.8 Å². The van der Waals surface area contributed by atoms with Gasteiger partial charge in [-0.3, -0.25) is 14.8 Å². The van der Waals surface area contributed by atoms with Crippen LogP contribution in [0.2, 0.25) is 0 Å². The molecule has 2 aromatic rings. The van der Waals surface area contributed by atoms with Crippen molar-refractivity contribution in [2.45, 2.75) is 6.54 Å². The minimum atomic E-state index is -0.495. The lowest BCUT2D eigenvalue weighted by Crippen LogP contribution is -2.31. The number of nitrogens with zero attached hydrogens (tertiary/aromatic N) is 3. The number of amides is 1. The molecule has 0 spiro atoms. The maximum absolute atomic E-state index is 11.9. The predicted molar refractivity (Wildman–Crippen MR) is 68.6 cm³/mol. The van der Waals surface area contributed by atoms with Crippen molar-refractivity contribution < 1.29 is 10.0 Å². The molecule has 19 heavy (non-hydrogen) atoms. The number of carbonyl (C=O) groups is 1. The minimum Gasteiger partial charge on any atom is -0.410 e. The van der Waals surface area contributed by atoms with E-state index in [2.05, 4.69) is 20.4 Å². The van der Waals surface area contributed by atoms with Crippen LogP contribution in [0, 0.1) is 0 Å². The molecule has 6 heteroatoms. The van der Waals surface area contributed by atoms with Gasteiger partial charge in [0.15, 0.2) is 5.71 Å². The fourth-order valence-electron chi connectivity index (χ4n) is 1.48. The molecular weight excluding hydrogens is 244 g/mol. The van der Waals surface area contributed by atoms with Crippen molar-refractivity contribution in [3.8, 4) is 0 Å². The lowest BCUT2D eigenvalue weighted by atomic mass is 10.2. The molecule has 0 aliphatic rings. The van der Waals surface area contributed by atoms with Crippen molar-refractivity contribution >= 4 is 11.6 Å². The number of nitrogens with one attached hydrogen (secondary N) is 1. The van der Waals surface area contributed by atoms with Crippen molar-refractivity contribution in [1.82, 2.24) is 15.3 Å². The third-order valence-corrected chi connectivity index (χ3v) is 2.40. The molecule has 0 unspecified atom stereocenters. The van der Waals surface area contributed by atoms with E-state index in [0.29, 0.717) is 12.2 Å². The van der Waals surface area contributed by atoms with Gasteiger partial charge in [-0.15, -0.1) is 0 Å². The quantitative estimate of drug-likeness (QED) is 0.485. The zero-order chi connectivity index (χ0) is 13.5. The van der Waals surface area contributed by atoms with Gasteiger partial charge in [0.25, 0.3) is 5.91 Å². The number of rotatable bonds is 4. The van der Waals surface area contributed by atoms with Gasteiger partial charge in [-0.25, -0.2) is 0 Å². The maximum Gasteiger partial charge on any atom is 0.275 e. The molecular formula is C13H12N4O2. The Bertz CT molecular complexity index is 570. The standard InChI is InChI=1S/C13H12N4O2/c18-13(16-9-10-4-3-6-14-8-10)12(17-19)11-5-1-2-7-15-11/h1-8,19H,9H2,(H,16,18)/b17-12-. The molecule has 0 saturated heterocycles. The summed E-state index contributed by atoms with van der Waals surface area (Å²) in [6.45, 7) is 0.304.